The van der Waals surface area contributed by atoms with Gasteiger partial charge in [0.25, 0.3) is 0 Å². The quantitative estimate of drug-likeness (QED) is 0.632. The third-order valence-electron chi connectivity index (χ3n) is 2.57. The Balaban J connectivity index is 1.95. The summed E-state index contributed by atoms with van der Waals surface area (Å²) >= 11 is 0. The van der Waals surface area contributed by atoms with E-state index in [-0.39, 0.29) is 31.3 Å². The first-order valence-electron chi connectivity index (χ1n) is 5.21. The lowest BCUT2D eigenvalue weighted by molar-refractivity contribution is -0.137. The first kappa shape index (κ1) is 11.3. The fraction of sp³-hybridized carbons (Fsp3) is 0.273. The van der Waals surface area contributed by atoms with Gasteiger partial charge in [-0.3, -0.25) is 14.5 Å². The molecule has 0 bridgehead atoms. The summed E-state index contributed by atoms with van der Waals surface area (Å²) in [4.78, 5) is 34.0. The molecule has 2 rings (SSSR count). The number of nitroso groups, excluding NO2 is 1. The molecule has 1 N–H and O–H groups in total. The highest BCUT2D eigenvalue weighted by Gasteiger charge is 2.28. The van der Waals surface area contributed by atoms with Gasteiger partial charge in [0.15, 0.2) is 0 Å². The molecule has 1 aromatic rings. The maximum Gasteiger partial charge on any atom is 0.231 e. The summed E-state index contributed by atoms with van der Waals surface area (Å²) < 4.78 is 0. The van der Waals surface area contributed by atoms with Crippen LogP contribution in [0.4, 0.5) is 11.4 Å². The fourth-order valence-corrected chi connectivity index (χ4v) is 1.61. The minimum atomic E-state index is -0.159. The van der Waals surface area contributed by atoms with Crippen molar-refractivity contribution in [1.29, 1.82) is 0 Å². The van der Waals surface area contributed by atoms with Crippen molar-refractivity contribution in [2.75, 3.05) is 12.0 Å². The van der Waals surface area contributed by atoms with Gasteiger partial charge in [-0.05, 0) is 29.4 Å². The van der Waals surface area contributed by atoms with E-state index in [9.17, 15) is 14.5 Å². The van der Waals surface area contributed by atoms with E-state index in [1.165, 1.54) is 4.90 Å². The molecule has 88 valence electrons. The molecule has 1 aromatic carbocycles. The average molecular weight is 233 g/mol. The van der Waals surface area contributed by atoms with Gasteiger partial charge in [0.2, 0.25) is 11.8 Å². The molecule has 1 heterocycles. The number of hydrogen-bond acceptors (Lipinski definition) is 5. The lowest BCUT2D eigenvalue weighted by Gasteiger charge is -2.15. The van der Waals surface area contributed by atoms with E-state index in [1.807, 2.05) is 0 Å². The van der Waals surface area contributed by atoms with Crippen LogP contribution in [0.5, 0.6) is 0 Å². The highest BCUT2D eigenvalue weighted by Crippen LogP contribution is 2.17. The Labute approximate surface area is 97.6 Å². The van der Waals surface area contributed by atoms with Crippen LogP contribution in [-0.4, -0.2) is 23.4 Å². The molecule has 0 aliphatic carbocycles. The Hall–Kier alpha value is -2.24. The van der Waals surface area contributed by atoms with Crippen LogP contribution in [0, 0.1) is 4.91 Å². The summed E-state index contributed by atoms with van der Waals surface area (Å²) in [5, 5.41) is 5.72. The van der Waals surface area contributed by atoms with Gasteiger partial charge >= 0.3 is 0 Å². The molecule has 0 atom stereocenters. The maximum absolute atomic E-state index is 11.3. The van der Waals surface area contributed by atoms with Gasteiger partial charge in [-0.25, -0.2) is 0 Å². The van der Waals surface area contributed by atoms with Crippen molar-refractivity contribution >= 4 is 23.2 Å². The van der Waals surface area contributed by atoms with E-state index in [0.717, 1.165) is 5.69 Å². The van der Waals surface area contributed by atoms with E-state index in [0.29, 0.717) is 5.69 Å². The Morgan fingerprint density at radius 1 is 1.12 bits per heavy atom. The average Bonchev–Trinajstić information content (AvgIpc) is 2.67. The largest absolute Gasteiger partial charge is 0.367 e. The second-order valence-electron chi connectivity index (χ2n) is 3.69. The second-order valence-corrected chi connectivity index (χ2v) is 3.69. The van der Waals surface area contributed by atoms with Crippen LogP contribution in [-0.2, 0) is 9.59 Å². The highest BCUT2D eigenvalue weighted by atomic mass is 16.3. The van der Waals surface area contributed by atoms with Crippen molar-refractivity contribution in [3.63, 3.8) is 0 Å². The maximum atomic E-state index is 11.3. The summed E-state index contributed by atoms with van der Waals surface area (Å²) in [6.45, 7) is 0.158. The topological polar surface area (TPSA) is 78.8 Å². The van der Waals surface area contributed by atoms with Gasteiger partial charge in [0, 0.05) is 18.5 Å². The number of imide groups is 1. The second kappa shape index (κ2) is 4.73. The molecular weight excluding hydrogens is 222 g/mol. The van der Waals surface area contributed by atoms with Gasteiger partial charge in [0.05, 0.1) is 6.67 Å². The summed E-state index contributed by atoms with van der Waals surface area (Å²) in [6.07, 6.45) is 0.572. The number of anilines is 1. The van der Waals surface area contributed by atoms with Gasteiger partial charge in [-0.1, -0.05) is 0 Å². The molecule has 1 aliphatic rings. The molecule has 6 heteroatoms. The van der Waals surface area contributed by atoms with E-state index < -0.39 is 0 Å². The molecule has 0 saturated carbocycles. The lowest BCUT2D eigenvalue weighted by Crippen LogP contribution is -2.33. The molecule has 1 aliphatic heterocycles. The number of nitrogens with one attached hydrogen (secondary N) is 1. The Kier molecular flexibility index (Phi) is 3.13. The molecule has 1 saturated heterocycles. The summed E-state index contributed by atoms with van der Waals surface area (Å²) in [5.74, 6) is -0.317. The zero-order valence-corrected chi connectivity index (χ0v) is 9.05. The van der Waals surface area contributed by atoms with Gasteiger partial charge < -0.3 is 5.32 Å². The molecule has 2 amide bonds. The predicted octanol–water partition coefficient (Wildman–Crippen LogP) is 1.60. The Bertz CT molecular complexity index is 440. The predicted molar refractivity (Wildman–Crippen MR) is 61.5 cm³/mol. The van der Waals surface area contributed by atoms with Crippen LogP contribution in [0.15, 0.2) is 29.4 Å². The minimum absolute atomic E-state index is 0.158. The molecule has 1 fully saturated rings. The van der Waals surface area contributed by atoms with E-state index >= 15 is 0 Å². The van der Waals surface area contributed by atoms with Crippen molar-refractivity contribution in [2.45, 2.75) is 12.8 Å². The number of hydrogen-bond donors (Lipinski definition) is 1. The van der Waals surface area contributed by atoms with Crippen LogP contribution in [0.2, 0.25) is 0 Å². The number of rotatable bonds is 4. The number of nitrogens with zero attached hydrogens (tertiary/aromatic N) is 2. The number of carbonyl (C=O) groups excluding carboxylic acids is 2. The monoisotopic (exact) mass is 233 g/mol. The van der Waals surface area contributed by atoms with Gasteiger partial charge in [-0.15, -0.1) is 4.91 Å². The van der Waals surface area contributed by atoms with Crippen LogP contribution >= 0.6 is 0 Å². The highest BCUT2D eigenvalue weighted by molar-refractivity contribution is 6.02. The van der Waals surface area contributed by atoms with Crippen molar-refractivity contribution in [3.8, 4) is 0 Å². The van der Waals surface area contributed by atoms with Crippen molar-refractivity contribution in [2.24, 2.45) is 5.18 Å². The molecule has 6 nitrogen and oxygen atoms in total. The summed E-state index contributed by atoms with van der Waals surface area (Å²) in [6, 6.07) is 6.45. The number of carbonyl (C=O) groups is 2. The number of likely N-dealkylation sites (tertiary alicyclic amines) is 1. The normalized spacial score (nSPS) is 15.2. The third kappa shape index (κ3) is 2.47. The van der Waals surface area contributed by atoms with E-state index in [1.54, 1.807) is 24.3 Å². The van der Waals surface area contributed by atoms with Crippen LogP contribution < -0.4 is 5.32 Å². The Morgan fingerprint density at radius 2 is 1.71 bits per heavy atom. The van der Waals surface area contributed by atoms with E-state index in [4.69, 9.17) is 0 Å². The van der Waals surface area contributed by atoms with Crippen molar-refractivity contribution in [1.82, 2.24) is 4.90 Å². The summed E-state index contributed by atoms with van der Waals surface area (Å²) in [7, 11) is 0. The summed E-state index contributed by atoms with van der Waals surface area (Å²) in [5.41, 5.74) is 1.06. The number of benzene rings is 1. The van der Waals surface area contributed by atoms with Gasteiger partial charge in [0.1, 0.15) is 5.69 Å². The Morgan fingerprint density at radius 3 is 2.24 bits per heavy atom. The van der Waals surface area contributed by atoms with Crippen LogP contribution in [0.25, 0.3) is 0 Å². The van der Waals surface area contributed by atoms with Crippen LogP contribution in [0.3, 0.4) is 0 Å². The molecule has 0 aromatic heterocycles. The SMILES string of the molecule is O=Nc1ccc(NCN2C(=O)CCC2=O)cc1. The zero-order valence-electron chi connectivity index (χ0n) is 9.05. The molecule has 0 spiro atoms. The lowest BCUT2D eigenvalue weighted by atomic mass is 10.3. The smallest absolute Gasteiger partial charge is 0.231 e. The van der Waals surface area contributed by atoms with Crippen molar-refractivity contribution < 1.29 is 9.59 Å². The molecule has 0 radical (unpaired) electrons. The van der Waals surface area contributed by atoms with E-state index in [2.05, 4.69) is 10.5 Å². The standard InChI is InChI=1S/C11H11N3O3/c15-10-5-6-11(16)14(10)7-12-8-1-3-9(13-17)4-2-8/h1-4,12H,5-7H2. The number of amides is 2. The first-order chi connectivity index (χ1) is 8.20. The van der Waals surface area contributed by atoms with Crippen LogP contribution in [0.1, 0.15) is 12.8 Å². The van der Waals surface area contributed by atoms with Gasteiger partial charge in [-0.2, -0.15) is 0 Å². The zero-order chi connectivity index (χ0) is 12.3. The molecule has 0 unspecified atom stereocenters. The minimum Gasteiger partial charge on any atom is -0.367 e. The third-order valence-corrected chi connectivity index (χ3v) is 2.57. The van der Waals surface area contributed by atoms with Crippen molar-refractivity contribution in [3.05, 3.63) is 29.2 Å². The fourth-order valence-electron chi connectivity index (χ4n) is 1.61. The first-order valence-corrected chi connectivity index (χ1v) is 5.21. The molecular formula is C11H11N3O3. The molecule has 17 heavy (non-hydrogen) atoms.